The molecule has 0 heterocycles. The number of nitrogens with two attached hydrogens (primary N) is 1. The maximum absolute atomic E-state index is 5.61. The van der Waals surface area contributed by atoms with Crippen molar-refractivity contribution in [1.29, 1.82) is 0 Å². The third kappa shape index (κ3) is 2.35. The molecule has 0 amide bonds. The second-order valence-electron chi connectivity index (χ2n) is 3.62. The molecule has 0 radical (unpaired) electrons. The molecule has 4 nitrogen and oxygen atoms in total. The first-order chi connectivity index (χ1) is 6.55. The second kappa shape index (κ2) is 5.82. The molecule has 0 aromatic carbocycles. The van der Waals surface area contributed by atoms with Gasteiger partial charge in [0.05, 0.1) is 0 Å². The standard InChI is InChI=1S/C9H23NO3Si/c1-6-9(2,7-8-10)14(11-3,12-4)13-5/h6-8,10H2,1-5H3. The van der Waals surface area contributed by atoms with Crippen molar-refractivity contribution in [3.8, 4) is 0 Å². The summed E-state index contributed by atoms with van der Waals surface area (Å²) in [6.45, 7) is 4.84. The lowest BCUT2D eigenvalue weighted by molar-refractivity contribution is 0.0886. The molecule has 0 aromatic heterocycles. The third-order valence-corrected chi connectivity index (χ3v) is 6.72. The largest absolute Gasteiger partial charge is 0.506 e. The molecule has 0 saturated heterocycles. The lowest BCUT2D eigenvalue weighted by atomic mass is 10.0. The van der Waals surface area contributed by atoms with Crippen LogP contribution in [-0.4, -0.2) is 36.7 Å². The van der Waals surface area contributed by atoms with E-state index >= 15 is 0 Å². The van der Waals surface area contributed by atoms with Gasteiger partial charge in [-0.15, -0.1) is 0 Å². The topological polar surface area (TPSA) is 53.7 Å². The average Bonchev–Trinajstić information content (AvgIpc) is 2.21. The lowest BCUT2D eigenvalue weighted by Gasteiger charge is -2.40. The molecule has 2 N–H and O–H groups in total. The van der Waals surface area contributed by atoms with Crippen LogP contribution in [0.4, 0.5) is 0 Å². The van der Waals surface area contributed by atoms with Gasteiger partial charge >= 0.3 is 8.80 Å². The second-order valence-corrected chi connectivity index (χ2v) is 7.17. The summed E-state index contributed by atoms with van der Waals surface area (Å²) in [7, 11) is 2.36. The predicted molar refractivity (Wildman–Crippen MR) is 59.1 cm³/mol. The number of hydrogen-bond acceptors (Lipinski definition) is 4. The Morgan fingerprint density at radius 3 is 1.79 bits per heavy atom. The molecule has 5 heteroatoms. The SMILES string of the molecule is CCC(C)(CCN)[Si](OC)(OC)OC. The van der Waals surface area contributed by atoms with Crippen LogP contribution in [0.2, 0.25) is 5.04 Å². The van der Waals surface area contributed by atoms with E-state index in [9.17, 15) is 0 Å². The molecule has 14 heavy (non-hydrogen) atoms. The van der Waals surface area contributed by atoms with Gasteiger partial charge in [0.15, 0.2) is 0 Å². The summed E-state index contributed by atoms with van der Waals surface area (Å²) in [6.07, 6.45) is 1.79. The van der Waals surface area contributed by atoms with Crippen molar-refractivity contribution in [3.05, 3.63) is 0 Å². The van der Waals surface area contributed by atoms with Gasteiger partial charge in [-0.1, -0.05) is 13.8 Å². The first-order valence-corrected chi connectivity index (χ1v) is 6.63. The van der Waals surface area contributed by atoms with E-state index in [0.29, 0.717) is 6.54 Å². The van der Waals surface area contributed by atoms with E-state index in [4.69, 9.17) is 19.0 Å². The van der Waals surface area contributed by atoms with Gasteiger partial charge in [-0.25, -0.2) is 0 Å². The zero-order valence-electron chi connectivity index (χ0n) is 9.92. The highest BCUT2D eigenvalue weighted by Gasteiger charge is 2.55. The molecule has 0 bridgehead atoms. The van der Waals surface area contributed by atoms with E-state index in [1.807, 2.05) is 0 Å². The van der Waals surface area contributed by atoms with Crippen LogP contribution in [-0.2, 0) is 13.3 Å². The first kappa shape index (κ1) is 14.1. The number of rotatable bonds is 7. The Morgan fingerprint density at radius 2 is 1.57 bits per heavy atom. The quantitative estimate of drug-likeness (QED) is 0.660. The van der Waals surface area contributed by atoms with Crippen molar-refractivity contribution in [3.63, 3.8) is 0 Å². The van der Waals surface area contributed by atoms with Gasteiger partial charge in [-0.3, -0.25) is 0 Å². The van der Waals surface area contributed by atoms with Gasteiger partial charge in [-0.2, -0.15) is 0 Å². The van der Waals surface area contributed by atoms with Crippen LogP contribution in [0.15, 0.2) is 0 Å². The van der Waals surface area contributed by atoms with E-state index in [-0.39, 0.29) is 5.04 Å². The summed E-state index contributed by atoms with van der Waals surface area (Å²) >= 11 is 0. The summed E-state index contributed by atoms with van der Waals surface area (Å²) in [6, 6.07) is 0. The minimum atomic E-state index is -2.57. The van der Waals surface area contributed by atoms with Crippen molar-refractivity contribution < 1.29 is 13.3 Å². The van der Waals surface area contributed by atoms with Crippen molar-refractivity contribution in [2.24, 2.45) is 5.73 Å². The van der Waals surface area contributed by atoms with Crippen molar-refractivity contribution >= 4 is 8.80 Å². The van der Waals surface area contributed by atoms with Crippen molar-refractivity contribution in [2.45, 2.75) is 31.7 Å². The molecule has 0 saturated carbocycles. The summed E-state index contributed by atoms with van der Waals surface area (Å²) in [5.41, 5.74) is 5.61. The Balaban J connectivity index is 4.90. The smallest absolute Gasteiger partial charge is 0.377 e. The number of hydrogen-bond donors (Lipinski definition) is 1. The molecule has 1 unspecified atom stereocenters. The highest BCUT2D eigenvalue weighted by Crippen LogP contribution is 2.44. The van der Waals surface area contributed by atoms with Gasteiger partial charge in [0, 0.05) is 26.4 Å². The Morgan fingerprint density at radius 1 is 1.14 bits per heavy atom. The molecule has 0 aromatic rings. The maximum atomic E-state index is 5.61. The molecular formula is C9H23NO3Si. The zero-order valence-corrected chi connectivity index (χ0v) is 10.9. The van der Waals surface area contributed by atoms with Gasteiger partial charge in [0.1, 0.15) is 0 Å². The van der Waals surface area contributed by atoms with Crippen LogP contribution >= 0.6 is 0 Å². The van der Waals surface area contributed by atoms with Crippen LogP contribution < -0.4 is 5.73 Å². The van der Waals surface area contributed by atoms with E-state index in [1.54, 1.807) is 21.3 Å². The molecule has 0 aliphatic rings. The molecule has 0 spiro atoms. The first-order valence-electron chi connectivity index (χ1n) is 4.91. The predicted octanol–water partition coefficient (Wildman–Crippen LogP) is 1.38. The Hall–Kier alpha value is 0.0569. The summed E-state index contributed by atoms with van der Waals surface area (Å²) in [5, 5.41) is -0.0972. The minimum Gasteiger partial charge on any atom is -0.377 e. The van der Waals surface area contributed by atoms with Crippen LogP contribution in [0.3, 0.4) is 0 Å². The van der Waals surface area contributed by atoms with Crippen LogP contribution in [0, 0.1) is 0 Å². The zero-order chi connectivity index (χ0) is 11.2. The highest BCUT2D eigenvalue weighted by molar-refractivity contribution is 6.64. The molecular weight excluding hydrogens is 198 g/mol. The molecule has 0 rings (SSSR count). The van der Waals surface area contributed by atoms with E-state index in [1.165, 1.54) is 0 Å². The fraction of sp³-hybridized carbons (Fsp3) is 1.00. The van der Waals surface area contributed by atoms with Crippen LogP contribution in [0.5, 0.6) is 0 Å². The normalized spacial score (nSPS) is 16.7. The highest BCUT2D eigenvalue weighted by atomic mass is 28.4. The Bertz CT molecular complexity index is 156. The summed E-state index contributed by atoms with van der Waals surface area (Å²) < 4.78 is 16.5. The Kier molecular flexibility index (Phi) is 5.85. The molecule has 0 aliphatic heterocycles. The van der Waals surface area contributed by atoms with Crippen molar-refractivity contribution in [1.82, 2.24) is 0 Å². The van der Waals surface area contributed by atoms with E-state index in [0.717, 1.165) is 12.8 Å². The summed E-state index contributed by atoms with van der Waals surface area (Å²) in [5.74, 6) is 0. The fourth-order valence-corrected chi connectivity index (χ4v) is 4.72. The maximum Gasteiger partial charge on any atom is 0.506 e. The molecule has 86 valence electrons. The Labute approximate surface area is 88.1 Å². The monoisotopic (exact) mass is 221 g/mol. The fourth-order valence-electron chi connectivity index (χ4n) is 1.85. The third-order valence-electron chi connectivity index (χ3n) is 3.02. The van der Waals surface area contributed by atoms with Gasteiger partial charge < -0.3 is 19.0 Å². The minimum absolute atomic E-state index is 0.0972. The van der Waals surface area contributed by atoms with Crippen LogP contribution in [0.25, 0.3) is 0 Å². The van der Waals surface area contributed by atoms with Gasteiger partial charge in [-0.05, 0) is 19.4 Å². The van der Waals surface area contributed by atoms with Crippen molar-refractivity contribution in [2.75, 3.05) is 27.9 Å². The molecule has 0 aliphatic carbocycles. The van der Waals surface area contributed by atoms with Gasteiger partial charge in [0.2, 0.25) is 0 Å². The lowest BCUT2D eigenvalue weighted by Crippen LogP contribution is -2.53. The summed E-state index contributed by atoms with van der Waals surface area (Å²) in [4.78, 5) is 0. The molecule has 0 fully saturated rings. The van der Waals surface area contributed by atoms with Gasteiger partial charge in [0.25, 0.3) is 0 Å². The van der Waals surface area contributed by atoms with Crippen LogP contribution in [0.1, 0.15) is 26.7 Å². The van der Waals surface area contributed by atoms with E-state index in [2.05, 4.69) is 13.8 Å². The average molecular weight is 221 g/mol. The van der Waals surface area contributed by atoms with E-state index < -0.39 is 8.80 Å². The molecule has 1 atom stereocenters.